The fourth-order valence-corrected chi connectivity index (χ4v) is 4.83. The van der Waals surface area contributed by atoms with Gasteiger partial charge >= 0.3 is 11.9 Å². The van der Waals surface area contributed by atoms with Crippen molar-refractivity contribution in [2.24, 2.45) is 17.6 Å². The number of imidazole rings is 1. The number of unbranched alkanes of at least 4 members (excludes halogenated alkanes) is 11. The van der Waals surface area contributed by atoms with E-state index in [2.05, 4.69) is 34.0 Å². The Kier molecular flexibility index (Phi) is 18.2. The number of nitrogens with zero attached hydrogens (tertiary/aromatic N) is 4. The molecule has 0 saturated heterocycles. The lowest BCUT2D eigenvalue weighted by Crippen LogP contribution is -2.38. The van der Waals surface area contributed by atoms with Crippen LogP contribution in [0, 0.1) is 11.8 Å². The number of hydrogen-bond donors (Lipinski definition) is 2. The molecule has 0 aromatic carbocycles. The molecule has 2 aromatic rings. The zero-order valence-electron chi connectivity index (χ0n) is 26.8. The smallest absolute Gasteiger partial charge is 0.323 e. The Labute approximate surface area is 258 Å². The zero-order chi connectivity index (χ0) is 31.3. The van der Waals surface area contributed by atoms with E-state index in [9.17, 15) is 9.59 Å². The Balaban J connectivity index is 1.65. The first-order valence-electron chi connectivity index (χ1n) is 16.5. The molecule has 0 bridgehead atoms. The maximum absolute atomic E-state index is 12.4. The van der Waals surface area contributed by atoms with E-state index in [4.69, 9.17) is 20.9 Å². The SMILES string of the molecule is CCCCCCCCCCC/C=C/CCCCC(=O)OCC[C@@H](COC(=O)[C@@H](N)C(C)C)Cn1cnc2cnc(N)nc21. The van der Waals surface area contributed by atoms with Crippen LogP contribution >= 0.6 is 0 Å². The maximum Gasteiger partial charge on any atom is 0.323 e. The summed E-state index contributed by atoms with van der Waals surface area (Å²) in [4.78, 5) is 37.3. The van der Waals surface area contributed by atoms with Gasteiger partial charge < -0.3 is 25.5 Å². The highest BCUT2D eigenvalue weighted by Crippen LogP contribution is 2.16. The van der Waals surface area contributed by atoms with Gasteiger partial charge in [0.05, 0.1) is 25.7 Å². The van der Waals surface area contributed by atoms with Crippen LogP contribution in [0.25, 0.3) is 11.2 Å². The Hall–Kier alpha value is -3.01. The lowest BCUT2D eigenvalue weighted by molar-refractivity contribution is -0.149. The Morgan fingerprint density at radius 2 is 1.58 bits per heavy atom. The van der Waals surface area contributed by atoms with Gasteiger partial charge in [-0.25, -0.2) is 9.97 Å². The number of rotatable bonds is 24. The number of esters is 2. The highest BCUT2D eigenvalue weighted by molar-refractivity contribution is 5.75. The molecule has 0 aliphatic carbocycles. The van der Waals surface area contributed by atoms with Crippen LogP contribution in [-0.4, -0.2) is 50.7 Å². The second-order valence-electron chi connectivity index (χ2n) is 11.9. The maximum atomic E-state index is 12.4. The van der Waals surface area contributed by atoms with Crippen molar-refractivity contribution in [2.45, 2.75) is 130 Å². The summed E-state index contributed by atoms with van der Waals surface area (Å²) in [6.45, 7) is 6.85. The van der Waals surface area contributed by atoms with Crippen molar-refractivity contribution >= 4 is 29.1 Å². The first-order chi connectivity index (χ1) is 20.8. The lowest BCUT2D eigenvalue weighted by Gasteiger charge is -2.20. The Morgan fingerprint density at radius 1 is 0.930 bits per heavy atom. The number of aromatic nitrogens is 4. The monoisotopic (exact) mass is 600 g/mol. The number of allylic oxidation sites excluding steroid dienone is 2. The molecule has 2 atom stereocenters. The minimum atomic E-state index is -0.690. The molecule has 4 N–H and O–H groups in total. The number of nitrogen functional groups attached to an aromatic ring is 1. The number of anilines is 1. The van der Waals surface area contributed by atoms with Gasteiger partial charge in [-0.15, -0.1) is 0 Å². The van der Waals surface area contributed by atoms with Crippen molar-refractivity contribution < 1.29 is 19.1 Å². The third-order valence-electron chi connectivity index (χ3n) is 7.72. The van der Waals surface area contributed by atoms with Gasteiger partial charge in [0.25, 0.3) is 0 Å². The van der Waals surface area contributed by atoms with E-state index in [-0.39, 0.29) is 37.0 Å². The molecular formula is C33H56N6O4. The predicted molar refractivity (Wildman–Crippen MR) is 172 cm³/mol. The Morgan fingerprint density at radius 3 is 2.26 bits per heavy atom. The van der Waals surface area contributed by atoms with Crippen molar-refractivity contribution in [1.29, 1.82) is 0 Å². The van der Waals surface area contributed by atoms with Gasteiger partial charge in [-0.1, -0.05) is 84.3 Å². The largest absolute Gasteiger partial charge is 0.466 e. The third-order valence-corrected chi connectivity index (χ3v) is 7.72. The van der Waals surface area contributed by atoms with Crippen molar-refractivity contribution in [1.82, 2.24) is 19.5 Å². The van der Waals surface area contributed by atoms with Crippen LogP contribution in [0.3, 0.4) is 0 Å². The van der Waals surface area contributed by atoms with E-state index in [1.54, 1.807) is 12.5 Å². The van der Waals surface area contributed by atoms with Gasteiger partial charge in [0.2, 0.25) is 5.95 Å². The molecule has 0 aliphatic rings. The van der Waals surface area contributed by atoms with Gasteiger partial charge in [0.15, 0.2) is 5.65 Å². The summed E-state index contributed by atoms with van der Waals surface area (Å²) >= 11 is 0. The molecule has 2 aromatic heterocycles. The summed E-state index contributed by atoms with van der Waals surface area (Å²) in [5.41, 5.74) is 12.9. The molecule has 0 aliphatic heterocycles. The van der Waals surface area contributed by atoms with E-state index >= 15 is 0 Å². The van der Waals surface area contributed by atoms with Gasteiger partial charge in [-0.3, -0.25) is 9.59 Å². The highest BCUT2D eigenvalue weighted by Gasteiger charge is 2.22. The average molecular weight is 601 g/mol. The van der Waals surface area contributed by atoms with Crippen molar-refractivity contribution in [3.8, 4) is 0 Å². The number of hydrogen-bond acceptors (Lipinski definition) is 9. The first-order valence-corrected chi connectivity index (χ1v) is 16.5. The van der Waals surface area contributed by atoms with Crippen LogP contribution < -0.4 is 11.5 Å². The summed E-state index contributed by atoms with van der Waals surface area (Å²) in [6, 6.07) is -0.690. The van der Waals surface area contributed by atoms with Crippen LogP contribution in [0.5, 0.6) is 0 Å². The number of carbonyl (C=O) groups excluding carboxylic acids is 2. The summed E-state index contributed by atoms with van der Waals surface area (Å²) in [6.07, 6.45) is 24.7. The van der Waals surface area contributed by atoms with Crippen LogP contribution in [-0.2, 0) is 25.6 Å². The molecular weight excluding hydrogens is 544 g/mol. The summed E-state index contributed by atoms with van der Waals surface area (Å²) < 4.78 is 12.9. The van der Waals surface area contributed by atoms with E-state index in [1.807, 2.05) is 18.4 Å². The number of fused-ring (bicyclic) bond motifs is 1. The van der Waals surface area contributed by atoms with Crippen molar-refractivity contribution in [3.63, 3.8) is 0 Å². The molecule has 0 amide bonds. The molecule has 43 heavy (non-hydrogen) atoms. The van der Waals surface area contributed by atoms with E-state index in [1.165, 1.54) is 57.8 Å². The van der Waals surface area contributed by atoms with Gasteiger partial charge in [-0.05, 0) is 44.4 Å². The molecule has 10 heteroatoms. The minimum Gasteiger partial charge on any atom is -0.466 e. The third kappa shape index (κ3) is 15.3. The molecule has 2 heterocycles. The molecule has 0 radical (unpaired) electrons. The minimum absolute atomic E-state index is 0.0284. The quantitative estimate of drug-likeness (QED) is 0.0780. The topological polar surface area (TPSA) is 148 Å². The van der Waals surface area contributed by atoms with Crippen LogP contribution in [0.2, 0.25) is 0 Å². The van der Waals surface area contributed by atoms with Gasteiger partial charge in [-0.2, -0.15) is 4.98 Å². The second kappa shape index (κ2) is 21.6. The van der Waals surface area contributed by atoms with E-state index in [0.29, 0.717) is 30.6 Å². The van der Waals surface area contributed by atoms with Crippen molar-refractivity contribution in [3.05, 3.63) is 24.7 Å². The predicted octanol–water partition coefficient (Wildman–Crippen LogP) is 6.52. The standard InChI is InChI=1S/C33H56N6O4/c1-4-5-6-7-8-9-10-11-12-13-14-15-16-17-18-19-29(40)42-21-20-27(24-43-32(41)30(34)26(2)3)23-39-25-37-28-22-36-33(35)38-31(28)39/h14-15,22,25-27,30H,4-13,16-21,23-24,34H2,1-3H3,(H2,35,36,38)/b15-14+/t27-,30+/m1/s1. The highest BCUT2D eigenvalue weighted by atomic mass is 16.5. The molecule has 0 spiro atoms. The zero-order valence-corrected chi connectivity index (χ0v) is 26.8. The summed E-state index contributed by atoms with van der Waals surface area (Å²) in [7, 11) is 0. The van der Waals surface area contributed by atoms with Crippen LogP contribution in [0.4, 0.5) is 5.95 Å². The number of carbonyl (C=O) groups is 2. The van der Waals surface area contributed by atoms with E-state index in [0.717, 1.165) is 25.7 Å². The number of nitrogens with two attached hydrogens (primary N) is 2. The van der Waals surface area contributed by atoms with Crippen molar-refractivity contribution in [2.75, 3.05) is 18.9 Å². The first kappa shape index (κ1) is 36.2. The molecule has 10 nitrogen and oxygen atoms in total. The fraction of sp³-hybridized carbons (Fsp3) is 0.727. The molecule has 0 saturated carbocycles. The fourth-order valence-electron chi connectivity index (χ4n) is 4.83. The second-order valence-corrected chi connectivity index (χ2v) is 11.9. The summed E-state index contributed by atoms with van der Waals surface area (Å²) in [5.74, 6) is -0.658. The number of ether oxygens (including phenoxy) is 2. The molecule has 0 unspecified atom stereocenters. The van der Waals surface area contributed by atoms with E-state index < -0.39 is 12.0 Å². The lowest BCUT2D eigenvalue weighted by atomic mass is 10.1. The van der Waals surface area contributed by atoms with Crippen LogP contribution in [0.15, 0.2) is 24.7 Å². The molecule has 242 valence electrons. The molecule has 0 fully saturated rings. The van der Waals surface area contributed by atoms with Crippen LogP contribution in [0.1, 0.15) is 117 Å². The summed E-state index contributed by atoms with van der Waals surface area (Å²) in [5, 5.41) is 0. The van der Waals surface area contributed by atoms with Gasteiger partial charge in [0, 0.05) is 18.9 Å². The normalized spacial score (nSPS) is 13.1. The Bertz CT molecular complexity index is 1090. The van der Waals surface area contributed by atoms with Gasteiger partial charge in [0.1, 0.15) is 11.6 Å². The molecule has 2 rings (SSSR count). The average Bonchev–Trinajstić information content (AvgIpc) is 3.38.